The summed E-state index contributed by atoms with van der Waals surface area (Å²) in [6.45, 7) is 5.76. The number of nitrogens with zero attached hydrogens (tertiary/aromatic N) is 4. The molecule has 0 saturated carbocycles. The molecule has 2 aromatic heterocycles. The number of amides is 3. The predicted molar refractivity (Wildman–Crippen MR) is 165 cm³/mol. The van der Waals surface area contributed by atoms with E-state index >= 15 is 0 Å². The van der Waals surface area contributed by atoms with Gasteiger partial charge in [-0.3, -0.25) is 19.4 Å². The minimum absolute atomic E-state index is 0.0469. The number of methoxy groups -OCH3 is 1. The van der Waals surface area contributed by atoms with Gasteiger partial charge in [0.25, 0.3) is 15.9 Å². The van der Waals surface area contributed by atoms with E-state index in [0.717, 1.165) is 0 Å². The van der Waals surface area contributed by atoms with Gasteiger partial charge in [-0.2, -0.15) is 0 Å². The van der Waals surface area contributed by atoms with Crippen molar-refractivity contribution in [3.63, 3.8) is 0 Å². The standard InChI is InChI=1S/C29H32N8O8S/c1-5-30-26(38)22-21-23(45-29(2,3)44-21)27(43-22)37-15-33-20-24(31-14-32-25(20)37)35-28(39)34-16-7-6-8-17(13-16)36-46(40,41)19-11-9-18(42-4)10-12-19/h6-15,21-23,27,36H,5H2,1-4H3,(H,30,38)(H2,31,32,34,35,39)/t21-,22+,23-,27-/m1/s1. The van der Waals surface area contributed by atoms with Crippen LogP contribution < -0.4 is 25.4 Å². The number of aromatic nitrogens is 4. The summed E-state index contributed by atoms with van der Waals surface area (Å²) in [6, 6.07) is 11.5. The predicted octanol–water partition coefficient (Wildman–Crippen LogP) is 2.83. The number of carbonyl (C=O) groups is 2. The second-order valence-electron chi connectivity index (χ2n) is 10.9. The van der Waals surface area contributed by atoms with Crippen molar-refractivity contribution in [3.8, 4) is 5.75 Å². The van der Waals surface area contributed by atoms with Crippen molar-refractivity contribution in [2.75, 3.05) is 29.0 Å². The van der Waals surface area contributed by atoms with Crippen LogP contribution in [-0.4, -0.2) is 77.6 Å². The van der Waals surface area contributed by atoms with Crippen LogP contribution in [0.4, 0.5) is 22.0 Å². The van der Waals surface area contributed by atoms with Gasteiger partial charge in [0.1, 0.15) is 24.3 Å². The lowest BCUT2D eigenvalue weighted by Gasteiger charge is -2.24. The number of ether oxygens (including phenoxy) is 4. The van der Waals surface area contributed by atoms with Crippen molar-refractivity contribution in [2.45, 2.75) is 56.0 Å². The molecule has 4 heterocycles. The molecule has 46 heavy (non-hydrogen) atoms. The van der Waals surface area contributed by atoms with Crippen LogP contribution in [0.3, 0.4) is 0 Å². The summed E-state index contributed by atoms with van der Waals surface area (Å²) in [5.74, 6) is -0.630. The number of anilines is 3. The van der Waals surface area contributed by atoms with E-state index in [2.05, 4.69) is 35.6 Å². The highest BCUT2D eigenvalue weighted by atomic mass is 32.2. The third-order valence-electron chi connectivity index (χ3n) is 7.25. The fourth-order valence-electron chi connectivity index (χ4n) is 5.32. The first-order valence-corrected chi connectivity index (χ1v) is 15.8. The van der Waals surface area contributed by atoms with E-state index < -0.39 is 46.4 Å². The number of hydrogen-bond acceptors (Lipinski definition) is 11. The molecule has 0 bridgehead atoms. The number of nitrogens with one attached hydrogen (secondary N) is 4. The number of benzene rings is 2. The van der Waals surface area contributed by atoms with Crippen LogP contribution in [0.2, 0.25) is 0 Å². The van der Waals surface area contributed by atoms with Gasteiger partial charge in [0.15, 0.2) is 35.1 Å². The molecular formula is C29H32N8O8S. The maximum absolute atomic E-state index is 13.0. The van der Waals surface area contributed by atoms with Gasteiger partial charge >= 0.3 is 6.03 Å². The van der Waals surface area contributed by atoms with Gasteiger partial charge in [0.05, 0.1) is 24.0 Å². The minimum atomic E-state index is -3.90. The summed E-state index contributed by atoms with van der Waals surface area (Å²) in [6.07, 6.45) is -0.290. The highest BCUT2D eigenvalue weighted by Gasteiger charge is 2.58. The summed E-state index contributed by atoms with van der Waals surface area (Å²) >= 11 is 0. The Morgan fingerprint density at radius 3 is 2.48 bits per heavy atom. The van der Waals surface area contributed by atoms with Crippen LogP contribution in [0.5, 0.6) is 5.75 Å². The molecular weight excluding hydrogens is 620 g/mol. The van der Waals surface area contributed by atoms with Crippen molar-refractivity contribution in [2.24, 2.45) is 0 Å². The van der Waals surface area contributed by atoms with Crippen molar-refractivity contribution in [3.05, 3.63) is 61.2 Å². The molecule has 6 rings (SSSR count). The van der Waals surface area contributed by atoms with Gasteiger partial charge in [-0.15, -0.1) is 0 Å². The molecule has 0 spiro atoms. The zero-order chi connectivity index (χ0) is 32.6. The largest absolute Gasteiger partial charge is 0.497 e. The van der Waals surface area contributed by atoms with Gasteiger partial charge in [-0.25, -0.2) is 28.2 Å². The van der Waals surface area contributed by atoms with Crippen LogP contribution in [0.15, 0.2) is 66.1 Å². The van der Waals surface area contributed by atoms with E-state index in [-0.39, 0.29) is 27.8 Å². The molecule has 2 fully saturated rings. The van der Waals surface area contributed by atoms with E-state index in [1.807, 2.05) is 6.92 Å². The quantitative estimate of drug-likeness (QED) is 0.207. The zero-order valence-corrected chi connectivity index (χ0v) is 26.1. The Balaban J connectivity index is 1.17. The molecule has 2 aliphatic heterocycles. The maximum Gasteiger partial charge on any atom is 0.324 e. The van der Waals surface area contributed by atoms with Gasteiger partial charge in [0, 0.05) is 12.2 Å². The van der Waals surface area contributed by atoms with Gasteiger partial charge in [-0.05, 0) is 63.2 Å². The van der Waals surface area contributed by atoms with Crippen LogP contribution in [0.25, 0.3) is 11.2 Å². The third kappa shape index (κ3) is 6.17. The van der Waals surface area contributed by atoms with Gasteiger partial charge in [0.2, 0.25) is 0 Å². The molecule has 4 N–H and O–H groups in total. The molecule has 3 amide bonds. The van der Waals surface area contributed by atoms with Crippen molar-refractivity contribution < 1.29 is 37.0 Å². The van der Waals surface area contributed by atoms with E-state index in [1.165, 1.54) is 38.0 Å². The molecule has 2 saturated heterocycles. The fourth-order valence-corrected chi connectivity index (χ4v) is 6.37. The number of urea groups is 1. The average Bonchev–Trinajstić information content (AvgIpc) is 3.68. The number of likely N-dealkylation sites (N-methyl/N-ethyl adjacent to an activating group) is 1. The highest BCUT2D eigenvalue weighted by molar-refractivity contribution is 7.92. The number of fused-ring (bicyclic) bond motifs is 2. The molecule has 0 aliphatic carbocycles. The smallest absolute Gasteiger partial charge is 0.324 e. The molecule has 4 aromatic rings. The number of rotatable bonds is 9. The summed E-state index contributed by atoms with van der Waals surface area (Å²) < 4.78 is 53.1. The number of hydrogen-bond donors (Lipinski definition) is 4. The Morgan fingerprint density at radius 2 is 1.74 bits per heavy atom. The van der Waals surface area contributed by atoms with E-state index in [1.54, 1.807) is 48.7 Å². The number of imidazole rings is 1. The second kappa shape index (κ2) is 12.2. The topological polar surface area (TPSA) is 197 Å². The third-order valence-corrected chi connectivity index (χ3v) is 8.64. The molecule has 16 nitrogen and oxygen atoms in total. The minimum Gasteiger partial charge on any atom is -0.497 e. The van der Waals surface area contributed by atoms with Crippen LogP contribution in [-0.2, 0) is 29.0 Å². The summed E-state index contributed by atoms with van der Waals surface area (Å²) in [5, 5.41) is 8.09. The molecule has 17 heteroatoms. The number of sulfonamides is 1. The monoisotopic (exact) mass is 652 g/mol. The fraction of sp³-hybridized carbons (Fsp3) is 0.345. The highest BCUT2D eigenvalue weighted by Crippen LogP contribution is 2.44. The Bertz CT molecular complexity index is 1880. The molecule has 2 aliphatic rings. The Hall–Kier alpha value is -4.84. The lowest BCUT2D eigenvalue weighted by molar-refractivity contribution is -0.197. The Morgan fingerprint density at radius 1 is 1.00 bits per heavy atom. The summed E-state index contributed by atoms with van der Waals surface area (Å²) in [5.41, 5.74) is 1.14. The summed E-state index contributed by atoms with van der Waals surface area (Å²) in [7, 11) is -2.41. The molecule has 0 radical (unpaired) electrons. The first kappa shape index (κ1) is 31.2. The van der Waals surface area contributed by atoms with E-state index in [0.29, 0.717) is 23.6 Å². The van der Waals surface area contributed by atoms with Crippen molar-refractivity contribution >= 4 is 50.3 Å². The lowest BCUT2D eigenvalue weighted by Crippen LogP contribution is -2.42. The Kier molecular flexibility index (Phi) is 8.24. The maximum atomic E-state index is 13.0. The van der Waals surface area contributed by atoms with E-state index in [9.17, 15) is 18.0 Å². The molecule has 0 unspecified atom stereocenters. The molecule has 242 valence electrons. The first-order chi connectivity index (χ1) is 22.0. The normalized spacial score (nSPS) is 21.8. The summed E-state index contributed by atoms with van der Waals surface area (Å²) in [4.78, 5) is 38.7. The lowest BCUT2D eigenvalue weighted by atomic mass is 10.1. The Labute approximate surface area is 263 Å². The van der Waals surface area contributed by atoms with Crippen molar-refractivity contribution in [1.82, 2.24) is 24.8 Å². The van der Waals surface area contributed by atoms with Crippen LogP contribution in [0, 0.1) is 0 Å². The average molecular weight is 653 g/mol. The zero-order valence-electron chi connectivity index (χ0n) is 25.3. The van der Waals surface area contributed by atoms with Crippen LogP contribution >= 0.6 is 0 Å². The number of carbonyl (C=O) groups excluding carboxylic acids is 2. The molecule has 2 aromatic carbocycles. The first-order valence-electron chi connectivity index (χ1n) is 14.3. The second-order valence-corrected chi connectivity index (χ2v) is 12.6. The van der Waals surface area contributed by atoms with E-state index in [4.69, 9.17) is 18.9 Å². The van der Waals surface area contributed by atoms with Crippen LogP contribution in [0.1, 0.15) is 27.0 Å². The van der Waals surface area contributed by atoms with Gasteiger partial charge in [-0.1, -0.05) is 6.07 Å². The van der Waals surface area contributed by atoms with Crippen molar-refractivity contribution in [1.29, 1.82) is 0 Å². The molecule has 4 atom stereocenters. The van der Waals surface area contributed by atoms with Gasteiger partial charge < -0.3 is 29.6 Å². The SMILES string of the molecule is CCNC(=O)[C@H]1O[C@@H](n2cnc3c(NC(=O)Nc4cccc(NS(=O)(=O)c5ccc(OC)cc5)c4)ncnc32)[C@@H]2OC(C)(C)O[C@@H]21.